The molecule has 0 saturated heterocycles. The van der Waals surface area contributed by atoms with Gasteiger partial charge in [0.05, 0.1) is 12.2 Å². The van der Waals surface area contributed by atoms with Crippen LogP contribution in [0.3, 0.4) is 0 Å². The maximum absolute atomic E-state index is 13.6. The first-order valence-electron chi connectivity index (χ1n) is 6.20. The van der Waals surface area contributed by atoms with Crippen LogP contribution in [0.1, 0.15) is 18.5 Å². The standard InChI is InChI=1S/C14H11F3N2O2/c1-8(10-4-5-18-7-11(10)15)19-9-2-3-12-13(6-9)21-14(16,17)20-12/h2-8,19H,1H3/t8-/m0/s1. The lowest BCUT2D eigenvalue weighted by Gasteiger charge is -2.16. The third-order valence-corrected chi connectivity index (χ3v) is 3.05. The molecule has 21 heavy (non-hydrogen) atoms. The molecule has 3 rings (SSSR count). The van der Waals surface area contributed by atoms with E-state index in [1.54, 1.807) is 19.1 Å². The summed E-state index contributed by atoms with van der Waals surface area (Å²) in [6.45, 7) is 1.75. The number of nitrogens with zero attached hydrogens (tertiary/aromatic N) is 1. The zero-order valence-electron chi connectivity index (χ0n) is 10.9. The van der Waals surface area contributed by atoms with Crippen LogP contribution >= 0.6 is 0 Å². The smallest absolute Gasteiger partial charge is 0.395 e. The molecule has 110 valence electrons. The predicted octanol–water partition coefficient (Wildman–Crippen LogP) is 3.72. The number of halogens is 3. The van der Waals surface area contributed by atoms with Crippen LogP contribution in [0.4, 0.5) is 18.9 Å². The summed E-state index contributed by atoms with van der Waals surface area (Å²) in [6, 6.07) is 5.49. The number of nitrogens with one attached hydrogen (secondary N) is 1. The molecule has 0 saturated carbocycles. The number of rotatable bonds is 3. The van der Waals surface area contributed by atoms with E-state index in [0.29, 0.717) is 11.3 Å². The number of benzene rings is 1. The highest BCUT2D eigenvalue weighted by Gasteiger charge is 2.43. The summed E-state index contributed by atoms with van der Waals surface area (Å²) in [5.74, 6) is -0.537. The van der Waals surface area contributed by atoms with Gasteiger partial charge in [-0.05, 0) is 25.1 Å². The second-order valence-electron chi connectivity index (χ2n) is 4.59. The molecule has 7 heteroatoms. The topological polar surface area (TPSA) is 43.4 Å². The van der Waals surface area contributed by atoms with Crippen LogP contribution < -0.4 is 14.8 Å². The van der Waals surface area contributed by atoms with E-state index in [1.807, 2.05) is 0 Å². The SMILES string of the molecule is C[C@H](Nc1ccc2c(c1)OC(F)(F)O2)c1ccncc1F. The van der Waals surface area contributed by atoms with Crippen molar-refractivity contribution in [2.75, 3.05) is 5.32 Å². The average Bonchev–Trinajstić information content (AvgIpc) is 2.72. The van der Waals surface area contributed by atoms with E-state index in [2.05, 4.69) is 19.8 Å². The normalized spacial score (nSPS) is 16.6. The third kappa shape index (κ3) is 2.72. The molecular formula is C14H11F3N2O2. The van der Waals surface area contributed by atoms with E-state index < -0.39 is 12.1 Å². The quantitative estimate of drug-likeness (QED) is 0.937. The average molecular weight is 296 g/mol. The van der Waals surface area contributed by atoms with Gasteiger partial charge in [-0.15, -0.1) is 8.78 Å². The van der Waals surface area contributed by atoms with Crippen LogP contribution in [-0.2, 0) is 0 Å². The lowest BCUT2D eigenvalue weighted by Crippen LogP contribution is -2.25. The largest absolute Gasteiger partial charge is 0.586 e. The van der Waals surface area contributed by atoms with E-state index in [4.69, 9.17) is 0 Å². The molecule has 0 radical (unpaired) electrons. The Hall–Kier alpha value is -2.44. The molecule has 2 heterocycles. The van der Waals surface area contributed by atoms with Crippen molar-refractivity contribution in [3.63, 3.8) is 0 Å². The summed E-state index contributed by atoms with van der Waals surface area (Å²) in [4.78, 5) is 3.67. The third-order valence-electron chi connectivity index (χ3n) is 3.05. The van der Waals surface area contributed by atoms with Crippen LogP contribution in [0.5, 0.6) is 11.5 Å². The van der Waals surface area contributed by atoms with E-state index >= 15 is 0 Å². The molecule has 1 aromatic carbocycles. The Kier molecular flexibility index (Phi) is 3.12. The van der Waals surface area contributed by atoms with Crippen molar-refractivity contribution >= 4 is 5.69 Å². The van der Waals surface area contributed by atoms with Crippen molar-refractivity contribution in [2.24, 2.45) is 0 Å². The molecule has 1 aromatic heterocycles. The van der Waals surface area contributed by atoms with E-state index in [1.165, 1.54) is 18.3 Å². The van der Waals surface area contributed by atoms with Gasteiger partial charge in [0.15, 0.2) is 11.5 Å². The van der Waals surface area contributed by atoms with Gasteiger partial charge in [0.1, 0.15) is 5.82 Å². The first-order chi connectivity index (χ1) is 9.94. The van der Waals surface area contributed by atoms with Gasteiger partial charge < -0.3 is 14.8 Å². The molecule has 0 bridgehead atoms. The van der Waals surface area contributed by atoms with Gasteiger partial charge >= 0.3 is 6.29 Å². The van der Waals surface area contributed by atoms with Crippen LogP contribution in [-0.4, -0.2) is 11.3 Å². The van der Waals surface area contributed by atoms with E-state index in [9.17, 15) is 13.2 Å². The maximum atomic E-state index is 13.6. The second kappa shape index (κ2) is 4.83. The Morgan fingerprint density at radius 2 is 1.95 bits per heavy atom. The highest BCUT2D eigenvalue weighted by Crippen LogP contribution is 2.42. The maximum Gasteiger partial charge on any atom is 0.586 e. The molecule has 1 N–H and O–H groups in total. The van der Waals surface area contributed by atoms with Crippen molar-refractivity contribution in [1.82, 2.24) is 4.98 Å². The Balaban J connectivity index is 1.79. The molecule has 0 unspecified atom stereocenters. The highest BCUT2D eigenvalue weighted by atomic mass is 19.3. The zero-order chi connectivity index (χ0) is 15.0. The zero-order valence-corrected chi connectivity index (χ0v) is 10.9. The minimum absolute atomic E-state index is 0.0340. The lowest BCUT2D eigenvalue weighted by molar-refractivity contribution is -0.286. The summed E-state index contributed by atoms with van der Waals surface area (Å²) in [5.41, 5.74) is 0.937. The van der Waals surface area contributed by atoms with Crippen LogP contribution in [0.2, 0.25) is 0 Å². The number of fused-ring (bicyclic) bond motifs is 1. The molecule has 0 amide bonds. The molecule has 2 aromatic rings. The number of anilines is 1. The molecule has 1 aliphatic rings. The number of hydrogen-bond acceptors (Lipinski definition) is 4. The fourth-order valence-electron chi connectivity index (χ4n) is 2.10. The Morgan fingerprint density at radius 1 is 1.19 bits per heavy atom. The van der Waals surface area contributed by atoms with Gasteiger partial charge in [0.2, 0.25) is 0 Å². The Morgan fingerprint density at radius 3 is 2.71 bits per heavy atom. The predicted molar refractivity (Wildman–Crippen MR) is 68.9 cm³/mol. The van der Waals surface area contributed by atoms with Crippen molar-refractivity contribution < 1.29 is 22.6 Å². The van der Waals surface area contributed by atoms with Crippen molar-refractivity contribution in [1.29, 1.82) is 0 Å². The minimum atomic E-state index is -3.65. The van der Waals surface area contributed by atoms with Gasteiger partial charge in [-0.3, -0.25) is 4.98 Å². The van der Waals surface area contributed by atoms with Gasteiger partial charge in [0, 0.05) is 23.5 Å². The number of hydrogen-bond donors (Lipinski definition) is 1. The Labute approximate surface area is 118 Å². The van der Waals surface area contributed by atoms with Gasteiger partial charge in [-0.2, -0.15) is 0 Å². The van der Waals surface area contributed by atoms with Crippen LogP contribution in [0, 0.1) is 5.82 Å². The molecular weight excluding hydrogens is 285 g/mol. The first kappa shape index (κ1) is 13.5. The molecule has 0 aliphatic carbocycles. The van der Waals surface area contributed by atoms with E-state index in [0.717, 1.165) is 6.20 Å². The first-order valence-corrected chi connectivity index (χ1v) is 6.20. The monoisotopic (exact) mass is 296 g/mol. The summed E-state index contributed by atoms with van der Waals surface area (Å²) in [7, 11) is 0. The van der Waals surface area contributed by atoms with Gasteiger partial charge in [-0.1, -0.05) is 0 Å². The summed E-state index contributed by atoms with van der Waals surface area (Å²) in [5, 5.41) is 3.01. The van der Waals surface area contributed by atoms with E-state index in [-0.39, 0.29) is 17.5 Å². The fourth-order valence-corrected chi connectivity index (χ4v) is 2.10. The van der Waals surface area contributed by atoms with Gasteiger partial charge in [-0.25, -0.2) is 4.39 Å². The molecule has 1 aliphatic heterocycles. The number of alkyl halides is 2. The van der Waals surface area contributed by atoms with Crippen molar-refractivity contribution in [3.8, 4) is 11.5 Å². The highest BCUT2D eigenvalue weighted by molar-refractivity contribution is 5.56. The number of aromatic nitrogens is 1. The van der Waals surface area contributed by atoms with Crippen molar-refractivity contribution in [2.45, 2.75) is 19.3 Å². The second-order valence-corrected chi connectivity index (χ2v) is 4.59. The summed E-state index contributed by atoms with van der Waals surface area (Å²) < 4.78 is 48.1. The van der Waals surface area contributed by atoms with Gasteiger partial charge in [0.25, 0.3) is 0 Å². The lowest BCUT2D eigenvalue weighted by atomic mass is 10.1. The van der Waals surface area contributed by atoms with Crippen LogP contribution in [0.15, 0.2) is 36.7 Å². The van der Waals surface area contributed by atoms with Crippen LogP contribution in [0.25, 0.3) is 0 Å². The molecule has 1 atom stereocenters. The molecule has 4 nitrogen and oxygen atoms in total. The Bertz CT molecular complexity index is 679. The van der Waals surface area contributed by atoms with Crippen molar-refractivity contribution in [3.05, 3.63) is 48.0 Å². The summed E-state index contributed by atoms with van der Waals surface area (Å²) in [6.07, 6.45) is -1.05. The number of ether oxygens (including phenoxy) is 2. The summed E-state index contributed by atoms with van der Waals surface area (Å²) >= 11 is 0. The minimum Gasteiger partial charge on any atom is -0.395 e. The molecule has 0 spiro atoms. The molecule has 0 fully saturated rings. The fraction of sp³-hybridized carbons (Fsp3) is 0.214. The number of pyridine rings is 1.